The summed E-state index contributed by atoms with van der Waals surface area (Å²) < 4.78 is 13.4. The fourth-order valence-electron chi connectivity index (χ4n) is 8.20. The van der Waals surface area contributed by atoms with Crippen molar-refractivity contribution in [2.24, 2.45) is 4.99 Å². The summed E-state index contributed by atoms with van der Waals surface area (Å²) in [6.45, 7) is 17.6. The molecular formula is C48H43N3O2Pt. The van der Waals surface area contributed by atoms with Crippen LogP contribution in [0.4, 0.5) is 17.2 Å². The van der Waals surface area contributed by atoms with Gasteiger partial charge in [0.25, 0.3) is 0 Å². The van der Waals surface area contributed by atoms with Crippen molar-refractivity contribution >= 4 is 23.1 Å². The van der Waals surface area contributed by atoms with Gasteiger partial charge < -0.3 is 14.4 Å². The summed E-state index contributed by atoms with van der Waals surface area (Å²) in [5.41, 5.74) is 14.4. The number of nitrogens with zero attached hydrogens (tertiary/aromatic N) is 3. The predicted molar refractivity (Wildman–Crippen MR) is 213 cm³/mol. The molecule has 5 nitrogen and oxygen atoms in total. The van der Waals surface area contributed by atoms with Gasteiger partial charge >= 0.3 is 21.1 Å². The topological polar surface area (TPSA) is 47.0 Å². The van der Waals surface area contributed by atoms with E-state index < -0.39 is 0 Å². The Hall–Kier alpha value is -4.99. The van der Waals surface area contributed by atoms with Gasteiger partial charge in [-0.2, -0.15) is 6.07 Å². The molecule has 0 radical (unpaired) electrons. The number of rotatable bonds is 4. The second kappa shape index (κ2) is 13.1. The molecule has 6 heteroatoms. The second-order valence-electron chi connectivity index (χ2n) is 16.4. The molecule has 0 saturated carbocycles. The minimum Gasteiger partial charge on any atom is -0.510 e. The summed E-state index contributed by atoms with van der Waals surface area (Å²) in [5.74, 6) is 2.61. The molecular weight excluding hydrogens is 846 g/mol. The minimum atomic E-state index is -0.259. The molecule has 0 N–H and O–H groups in total. The molecule has 3 heterocycles. The molecule has 1 aliphatic carbocycles. The first kappa shape index (κ1) is 36.0. The second-order valence-corrected chi connectivity index (χ2v) is 16.4. The fourth-order valence-corrected chi connectivity index (χ4v) is 8.20. The zero-order chi connectivity index (χ0) is 36.8. The Morgan fingerprint density at radius 3 is 2.22 bits per heavy atom. The van der Waals surface area contributed by atoms with E-state index in [2.05, 4.69) is 157 Å². The van der Waals surface area contributed by atoms with E-state index in [1.54, 1.807) is 0 Å². The van der Waals surface area contributed by atoms with Crippen LogP contribution in [0.5, 0.6) is 11.5 Å². The molecule has 1 aromatic heterocycles. The zero-order valence-electron chi connectivity index (χ0n) is 31.9. The predicted octanol–water partition coefficient (Wildman–Crippen LogP) is 12.0. The molecule has 2 aliphatic heterocycles. The van der Waals surface area contributed by atoms with Crippen molar-refractivity contribution in [3.8, 4) is 22.6 Å². The average molecular weight is 889 g/mol. The third-order valence-electron chi connectivity index (χ3n) is 11.0. The average Bonchev–Trinajstić information content (AvgIpc) is 3.57. The molecule has 3 aliphatic rings. The van der Waals surface area contributed by atoms with Gasteiger partial charge in [-0.3, -0.25) is 4.99 Å². The minimum absolute atomic E-state index is 0. The zero-order valence-corrected chi connectivity index (χ0v) is 34.2. The largest absolute Gasteiger partial charge is 2.00 e. The molecule has 0 spiro atoms. The van der Waals surface area contributed by atoms with Gasteiger partial charge in [0.2, 0.25) is 0 Å². The number of aryl methyl sites for hydroxylation is 3. The van der Waals surface area contributed by atoms with Crippen molar-refractivity contribution in [1.29, 1.82) is 0 Å². The summed E-state index contributed by atoms with van der Waals surface area (Å²) >= 11 is 0. The number of aromatic nitrogens is 1. The third kappa shape index (κ3) is 5.98. The Kier molecular flexibility index (Phi) is 8.73. The van der Waals surface area contributed by atoms with Crippen molar-refractivity contribution < 1.29 is 30.5 Å². The van der Waals surface area contributed by atoms with Gasteiger partial charge in [0, 0.05) is 28.9 Å². The van der Waals surface area contributed by atoms with E-state index in [4.69, 9.17) is 19.5 Å². The van der Waals surface area contributed by atoms with E-state index >= 15 is 0 Å². The quantitative estimate of drug-likeness (QED) is 0.166. The molecule has 6 aromatic rings. The molecule has 5 aromatic carbocycles. The van der Waals surface area contributed by atoms with Crippen LogP contribution in [0.2, 0.25) is 0 Å². The molecule has 0 amide bonds. The summed E-state index contributed by atoms with van der Waals surface area (Å²) in [5, 5.41) is 0. The van der Waals surface area contributed by atoms with Crippen LogP contribution in [0.25, 0.3) is 11.1 Å². The molecule has 0 saturated heterocycles. The SMILES string of the molecule is Cc1cc(Oc2[c-]c3c(cc2)C(C)(C)c2ccccc2N3c2cc(C(C)(C)C)ccn2)[c-]c(C2=N[C@@H]3c4ccc(C)cc4-c4cc(C)ccc4[C@@H]3O2)c1.[Pt+2]. The van der Waals surface area contributed by atoms with Crippen LogP contribution in [-0.4, -0.2) is 10.9 Å². The maximum absolute atomic E-state index is 6.73. The van der Waals surface area contributed by atoms with Crippen molar-refractivity contribution in [3.63, 3.8) is 0 Å². The molecule has 54 heavy (non-hydrogen) atoms. The van der Waals surface area contributed by atoms with Gasteiger partial charge in [0.15, 0.2) is 0 Å². The Bertz CT molecular complexity index is 2490. The summed E-state index contributed by atoms with van der Waals surface area (Å²) in [6, 6.07) is 41.5. The standard InChI is InChI=1S/C48H43N3O2.Pt/c1-28-13-16-35-37(23-28)38-24-29(2)14-17-36(38)45-44(35)50-46(53-45)31-21-30(3)22-34(25-31)52-33-15-18-40-42(27-33)51(41-12-10-9-11-39(41)48(40,7)8)43-26-32(19-20-49-43)47(4,5)6;/h9-24,26,44-45H,1-8H3;/q-2;+2/t44-,45+;/m1./s1. The van der Waals surface area contributed by atoms with Crippen LogP contribution in [0.3, 0.4) is 0 Å². The van der Waals surface area contributed by atoms with Crippen LogP contribution in [0.15, 0.2) is 108 Å². The third-order valence-corrected chi connectivity index (χ3v) is 11.0. The number of anilines is 3. The Morgan fingerprint density at radius 1 is 0.741 bits per heavy atom. The number of hydrogen-bond donors (Lipinski definition) is 0. The first-order chi connectivity index (χ1) is 25.3. The number of fused-ring (bicyclic) bond motifs is 8. The van der Waals surface area contributed by atoms with E-state index in [1.807, 2.05) is 18.3 Å². The van der Waals surface area contributed by atoms with E-state index in [1.165, 1.54) is 44.5 Å². The van der Waals surface area contributed by atoms with Gasteiger partial charge in [-0.15, -0.1) is 29.3 Å². The maximum Gasteiger partial charge on any atom is 2.00 e. The fraction of sp³-hybridized carbons (Fsp3) is 0.250. The van der Waals surface area contributed by atoms with Gasteiger partial charge in [-0.1, -0.05) is 131 Å². The van der Waals surface area contributed by atoms with Gasteiger partial charge in [-0.05, 0) is 70.7 Å². The van der Waals surface area contributed by atoms with Crippen LogP contribution in [0, 0.1) is 32.9 Å². The van der Waals surface area contributed by atoms with Gasteiger partial charge in [0.1, 0.15) is 23.9 Å². The van der Waals surface area contributed by atoms with Crippen molar-refractivity contribution in [3.05, 3.63) is 165 Å². The van der Waals surface area contributed by atoms with Crippen LogP contribution in [0.1, 0.15) is 96.8 Å². The van der Waals surface area contributed by atoms with E-state index in [0.717, 1.165) is 33.9 Å². The number of para-hydroxylation sites is 1. The van der Waals surface area contributed by atoms with Crippen molar-refractivity contribution in [2.45, 2.75) is 78.4 Å². The van der Waals surface area contributed by atoms with Gasteiger partial charge in [-0.25, -0.2) is 4.98 Å². The Labute approximate surface area is 333 Å². The molecule has 2 atom stereocenters. The number of benzene rings is 5. The first-order valence-electron chi connectivity index (χ1n) is 18.5. The van der Waals surface area contributed by atoms with Crippen LogP contribution < -0.4 is 9.64 Å². The maximum atomic E-state index is 6.73. The van der Waals surface area contributed by atoms with E-state index in [9.17, 15) is 0 Å². The molecule has 272 valence electrons. The summed E-state index contributed by atoms with van der Waals surface area (Å²) in [6.07, 6.45) is 1.70. The first-order valence-corrected chi connectivity index (χ1v) is 18.5. The van der Waals surface area contributed by atoms with E-state index in [0.29, 0.717) is 17.4 Å². The van der Waals surface area contributed by atoms with E-state index in [-0.39, 0.29) is 44.0 Å². The van der Waals surface area contributed by atoms with Gasteiger partial charge in [0.05, 0.1) is 0 Å². The number of hydrogen-bond acceptors (Lipinski definition) is 5. The molecule has 0 unspecified atom stereocenters. The number of ether oxygens (including phenoxy) is 2. The normalized spacial score (nSPS) is 17.5. The Balaban J connectivity index is 0.00000413. The molecule has 0 fully saturated rings. The summed E-state index contributed by atoms with van der Waals surface area (Å²) in [4.78, 5) is 12.3. The molecule has 9 rings (SSSR count). The van der Waals surface area contributed by atoms with Crippen molar-refractivity contribution in [2.75, 3.05) is 4.90 Å². The Morgan fingerprint density at radius 2 is 1.46 bits per heavy atom. The number of aliphatic imine (C=N–C) groups is 1. The van der Waals surface area contributed by atoms with Crippen LogP contribution >= 0.6 is 0 Å². The van der Waals surface area contributed by atoms with Crippen LogP contribution in [-0.2, 0) is 36.6 Å². The smallest absolute Gasteiger partial charge is 0.510 e. The van der Waals surface area contributed by atoms with Crippen molar-refractivity contribution in [1.82, 2.24) is 4.98 Å². The molecule has 0 bridgehead atoms. The monoisotopic (exact) mass is 888 g/mol. The summed E-state index contributed by atoms with van der Waals surface area (Å²) in [7, 11) is 0. The number of pyridine rings is 1.